The number of hydrogen-bond acceptors (Lipinski definition) is 5. The van der Waals surface area contributed by atoms with Crippen molar-refractivity contribution < 1.29 is 23.9 Å². The quantitative estimate of drug-likeness (QED) is 0.286. The van der Waals surface area contributed by atoms with Crippen LogP contribution in [-0.4, -0.2) is 53.6 Å². The molecule has 180 valence electrons. The van der Waals surface area contributed by atoms with Gasteiger partial charge >= 0.3 is 5.97 Å². The van der Waals surface area contributed by atoms with Gasteiger partial charge in [0.15, 0.2) is 12.1 Å². The summed E-state index contributed by atoms with van der Waals surface area (Å²) in [5.74, 6) is -0.0407. The number of rotatable bonds is 8. The maximum Gasteiger partial charge on any atom is 0.333 e. The molecule has 2 bridgehead atoms. The van der Waals surface area contributed by atoms with E-state index in [9.17, 15) is 14.7 Å². The summed E-state index contributed by atoms with van der Waals surface area (Å²) in [6.07, 6.45) is 1.62. The molecule has 3 aliphatic heterocycles. The largest absolute Gasteiger partial charge is 0.507 e. The molecule has 6 heteroatoms. The first kappa shape index (κ1) is 23.1. The van der Waals surface area contributed by atoms with Gasteiger partial charge in [0, 0.05) is 24.4 Å². The lowest BCUT2D eigenvalue weighted by molar-refractivity contribution is -0.938. The van der Waals surface area contributed by atoms with Crippen molar-refractivity contribution >= 4 is 17.4 Å². The van der Waals surface area contributed by atoms with Crippen LogP contribution in [0.1, 0.15) is 34.8 Å². The zero-order chi connectivity index (χ0) is 24.3. The topological polar surface area (TPSA) is 75.6 Å². The minimum absolute atomic E-state index is 0.0169. The van der Waals surface area contributed by atoms with Crippen LogP contribution in [0.25, 0.3) is 0 Å². The number of benzene rings is 3. The van der Waals surface area contributed by atoms with E-state index in [2.05, 4.69) is 5.32 Å². The normalized spacial score (nSPS) is 23.9. The summed E-state index contributed by atoms with van der Waals surface area (Å²) in [5.41, 5.74) is 2.06. The highest BCUT2D eigenvalue weighted by atomic mass is 16.5. The Morgan fingerprint density at radius 2 is 1.54 bits per heavy atom. The van der Waals surface area contributed by atoms with Gasteiger partial charge in [-0.25, -0.2) is 4.79 Å². The Morgan fingerprint density at radius 1 is 0.914 bits per heavy atom. The number of carbonyl (C=O) groups excluding carboxylic acids is 2. The molecule has 3 aliphatic rings. The number of carbonyl (C=O) groups is 2. The van der Waals surface area contributed by atoms with Crippen molar-refractivity contribution in [3.63, 3.8) is 0 Å². The number of para-hydroxylation sites is 2. The lowest BCUT2D eigenvalue weighted by Gasteiger charge is -2.51. The van der Waals surface area contributed by atoms with E-state index in [0.29, 0.717) is 29.1 Å². The summed E-state index contributed by atoms with van der Waals surface area (Å²) in [4.78, 5) is 26.5. The first-order valence-electron chi connectivity index (χ1n) is 12.3. The number of Topliss-reactive ketones (excluding diaryl/α,β-unsaturated/α-hetero) is 1. The predicted molar refractivity (Wildman–Crippen MR) is 134 cm³/mol. The van der Waals surface area contributed by atoms with Crippen LogP contribution in [0.4, 0.5) is 5.69 Å². The van der Waals surface area contributed by atoms with Crippen molar-refractivity contribution in [2.24, 2.45) is 5.92 Å². The van der Waals surface area contributed by atoms with E-state index >= 15 is 0 Å². The van der Waals surface area contributed by atoms with Gasteiger partial charge in [0.25, 0.3) is 0 Å². The van der Waals surface area contributed by atoms with Gasteiger partial charge in [-0.05, 0) is 29.8 Å². The first-order valence-corrected chi connectivity index (χ1v) is 12.3. The number of fused-ring (bicyclic) bond motifs is 3. The fraction of sp³-hybridized carbons (Fsp3) is 0.310. The third-order valence-corrected chi connectivity index (χ3v) is 7.45. The number of quaternary nitrogens is 1. The zero-order valence-corrected chi connectivity index (χ0v) is 19.7. The molecule has 3 aromatic carbocycles. The van der Waals surface area contributed by atoms with Gasteiger partial charge in [-0.2, -0.15) is 0 Å². The number of esters is 1. The molecule has 35 heavy (non-hydrogen) atoms. The second-order valence-electron chi connectivity index (χ2n) is 9.74. The number of phenols is 1. The molecule has 3 saturated heterocycles. The van der Waals surface area contributed by atoms with E-state index in [-0.39, 0.29) is 23.6 Å². The van der Waals surface area contributed by atoms with Crippen molar-refractivity contribution in [2.75, 3.05) is 31.5 Å². The number of nitrogens with one attached hydrogen (secondary N) is 1. The Hall–Kier alpha value is -3.64. The smallest absolute Gasteiger partial charge is 0.333 e. The predicted octanol–water partition coefficient (Wildman–Crippen LogP) is 4.58. The first-order chi connectivity index (χ1) is 17.0. The number of hydrogen-bond donors (Lipinski definition) is 2. The molecule has 0 aromatic heterocycles. The molecular weight excluding hydrogens is 440 g/mol. The lowest BCUT2D eigenvalue weighted by Crippen LogP contribution is -2.65. The van der Waals surface area contributed by atoms with Crippen LogP contribution >= 0.6 is 0 Å². The van der Waals surface area contributed by atoms with E-state index < -0.39 is 6.04 Å². The second kappa shape index (κ2) is 9.92. The lowest BCUT2D eigenvalue weighted by atomic mass is 9.82. The highest BCUT2D eigenvalue weighted by Gasteiger charge is 2.49. The number of nitrogens with zero attached hydrogens (tertiary/aromatic N) is 1. The Labute approximate surface area is 205 Å². The number of piperidine rings is 3. The van der Waals surface area contributed by atoms with E-state index in [0.717, 1.165) is 37.2 Å². The van der Waals surface area contributed by atoms with Gasteiger partial charge in [0.05, 0.1) is 18.7 Å². The molecule has 0 aliphatic carbocycles. The van der Waals surface area contributed by atoms with Crippen molar-refractivity contribution in [2.45, 2.75) is 25.0 Å². The minimum Gasteiger partial charge on any atom is -0.507 e. The molecule has 3 fully saturated rings. The molecule has 0 saturated carbocycles. The highest BCUT2D eigenvalue weighted by molar-refractivity contribution is 5.99. The van der Waals surface area contributed by atoms with E-state index in [1.165, 1.54) is 0 Å². The molecule has 6 nitrogen and oxygen atoms in total. The maximum absolute atomic E-state index is 13.5. The standard InChI is InChI=1S/C29H30N2O4/c32-25-14-8-7-13-24(25)26(33)19-31-17-15-21(16-18-31)27(20-31)35-29(34)28(22-9-3-1-4-10-22)30-23-11-5-2-6-12-23/h1-14,21,27-28,30H,15-20H2/p+1. The Bertz CT molecular complexity index is 1170. The van der Waals surface area contributed by atoms with Crippen molar-refractivity contribution in [1.29, 1.82) is 0 Å². The van der Waals surface area contributed by atoms with Crippen LogP contribution in [0.3, 0.4) is 0 Å². The number of anilines is 1. The molecule has 3 heterocycles. The minimum atomic E-state index is -0.620. The van der Waals surface area contributed by atoms with E-state index in [4.69, 9.17) is 4.74 Å². The van der Waals surface area contributed by atoms with Crippen LogP contribution in [0.15, 0.2) is 84.9 Å². The van der Waals surface area contributed by atoms with Gasteiger partial charge in [-0.3, -0.25) is 4.79 Å². The summed E-state index contributed by atoms with van der Waals surface area (Å²) in [6, 6.07) is 25.4. The molecule has 3 aromatic rings. The Morgan fingerprint density at radius 3 is 2.23 bits per heavy atom. The van der Waals surface area contributed by atoms with Crippen LogP contribution in [-0.2, 0) is 9.53 Å². The third kappa shape index (κ3) is 5.08. The molecule has 0 radical (unpaired) electrons. The molecule has 0 amide bonds. The highest BCUT2D eigenvalue weighted by Crippen LogP contribution is 2.37. The Kier molecular flexibility index (Phi) is 6.55. The SMILES string of the molecule is O=C(C[N+]12CCC(CC1)C(OC(=O)C(Nc1ccccc1)c1ccccc1)C2)c1ccccc1O. The van der Waals surface area contributed by atoms with Crippen LogP contribution in [0.5, 0.6) is 5.75 Å². The van der Waals surface area contributed by atoms with Crippen molar-refractivity contribution in [3.8, 4) is 5.75 Å². The van der Waals surface area contributed by atoms with Gasteiger partial charge in [-0.15, -0.1) is 0 Å². The fourth-order valence-corrected chi connectivity index (χ4v) is 5.52. The maximum atomic E-state index is 13.5. The van der Waals surface area contributed by atoms with Gasteiger partial charge in [-0.1, -0.05) is 60.7 Å². The molecule has 6 rings (SSSR count). The summed E-state index contributed by atoms with van der Waals surface area (Å²) >= 11 is 0. The summed E-state index contributed by atoms with van der Waals surface area (Å²) < 4.78 is 6.77. The molecule has 2 N–H and O–H groups in total. The number of ketones is 1. The Balaban J connectivity index is 1.32. The van der Waals surface area contributed by atoms with Crippen LogP contribution in [0.2, 0.25) is 0 Å². The van der Waals surface area contributed by atoms with Gasteiger partial charge < -0.3 is 19.6 Å². The molecule has 2 atom stereocenters. The number of phenolic OH excluding ortho intramolecular Hbond substituents is 1. The second-order valence-corrected chi connectivity index (χ2v) is 9.74. The number of ether oxygens (including phenoxy) is 1. The average molecular weight is 472 g/mol. The number of aromatic hydroxyl groups is 1. The third-order valence-electron chi connectivity index (χ3n) is 7.45. The summed E-state index contributed by atoms with van der Waals surface area (Å²) in [5, 5.41) is 13.5. The monoisotopic (exact) mass is 471 g/mol. The fourth-order valence-electron chi connectivity index (χ4n) is 5.52. The van der Waals surface area contributed by atoms with Crippen LogP contribution < -0.4 is 5.32 Å². The van der Waals surface area contributed by atoms with Crippen LogP contribution in [0, 0.1) is 5.92 Å². The van der Waals surface area contributed by atoms with Gasteiger partial charge in [0.1, 0.15) is 18.8 Å². The molecule has 2 unspecified atom stereocenters. The zero-order valence-electron chi connectivity index (χ0n) is 19.7. The van der Waals surface area contributed by atoms with Crippen molar-refractivity contribution in [1.82, 2.24) is 0 Å². The summed E-state index contributed by atoms with van der Waals surface area (Å²) in [7, 11) is 0. The molecule has 0 spiro atoms. The van der Waals surface area contributed by atoms with E-state index in [1.807, 2.05) is 60.7 Å². The van der Waals surface area contributed by atoms with Gasteiger partial charge in [0.2, 0.25) is 5.78 Å². The van der Waals surface area contributed by atoms with Crippen molar-refractivity contribution in [3.05, 3.63) is 96.1 Å². The van der Waals surface area contributed by atoms with E-state index in [1.54, 1.807) is 24.3 Å². The molecular formula is C29H31N2O4+. The average Bonchev–Trinajstić information content (AvgIpc) is 2.89. The summed E-state index contributed by atoms with van der Waals surface area (Å²) in [6.45, 7) is 2.72.